The van der Waals surface area contributed by atoms with Crippen LogP contribution in [0.25, 0.3) is 11.2 Å². The zero-order valence-corrected chi connectivity index (χ0v) is 10.2. The molecule has 1 unspecified atom stereocenters. The lowest BCUT2D eigenvalue weighted by Gasteiger charge is -2.24. The van der Waals surface area contributed by atoms with Crippen LogP contribution in [0.5, 0.6) is 0 Å². The number of fused-ring (bicyclic) bond motifs is 1. The van der Waals surface area contributed by atoms with Crippen molar-refractivity contribution in [2.24, 2.45) is 0 Å². The summed E-state index contributed by atoms with van der Waals surface area (Å²) in [5, 5.41) is 9.12. The lowest BCUT2D eigenvalue weighted by Crippen LogP contribution is -2.38. The van der Waals surface area contributed by atoms with E-state index < -0.39 is 12.0 Å². The molecular formula is C12H14N4O2. The second-order valence-electron chi connectivity index (χ2n) is 3.94. The van der Waals surface area contributed by atoms with Gasteiger partial charge in [0.1, 0.15) is 17.4 Å². The highest BCUT2D eigenvalue weighted by molar-refractivity contribution is 5.78. The number of carboxylic acids is 1. The van der Waals surface area contributed by atoms with E-state index in [1.54, 1.807) is 36.5 Å². The summed E-state index contributed by atoms with van der Waals surface area (Å²) in [4.78, 5) is 25.3. The predicted octanol–water partition coefficient (Wildman–Crippen LogP) is 1.32. The van der Waals surface area contributed by atoms with Crippen molar-refractivity contribution in [2.75, 3.05) is 11.9 Å². The Morgan fingerprint density at radius 1 is 1.39 bits per heavy atom. The molecule has 0 aromatic carbocycles. The molecule has 0 amide bonds. The third kappa shape index (κ3) is 2.22. The normalized spacial score (nSPS) is 12.3. The van der Waals surface area contributed by atoms with Gasteiger partial charge < -0.3 is 10.0 Å². The van der Waals surface area contributed by atoms with E-state index >= 15 is 0 Å². The van der Waals surface area contributed by atoms with Crippen LogP contribution < -0.4 is 4.90 Å². The molecule has 0 aliphatic carbocycles. The first kappa shape index (κ1) is 12.2. The molecule has 6 heteroatoms. The van der Waals surface area contributed by atoms with Gasteiger partial charge in [0.25, 0.3) is 0 Å². The highest BCUT2D eigenvalue weighted by atomic mass is 16.4. The fourth-order valence-electron chi connectivity index (χ4n) is 1.81. The molecule has 2 aromatic rings. The van der Waals surface area contributed by atoms with Crippen molar-refractivity contribution >= 4 is 23.0 Å². The maximum absolute atomic E-state index is 11.1. The Labute approximate surface area is 104 Å². The predicted molar refractivity (Wildman–Crippen MR) is 67.5 cm³/mol. The average Bonchev–Trinajstić information content (AvgIpc) is 2.38. The van der Waals surface area contributed by atoms with E-state index in [0.717, 1.165) is 0 Å². The van der Waals surface area contributed by atoms with Gasteiger partial charge in [-0.05, 0) is 18.6 Å². The van der Waals surface area contributed by atoms with Gasteiger partial charge in [-0.1, -0.05) is 6.92 Å². The number of likely N-dealkylation sites (N-methyl/N-ethyl adjacent to an activating group) is 1. The van der Waals surface area contributed by atoms with Crippen LogP contribution in [0.15, 0.2) is 24.5 Å². The summed E-state index contributed by atoms with van der Waals surface area (Å²) in [5.74, 6) is -0.279. The molecule has 94 valence electrons. The van der Waals surface area contributed by atoms with Crippen LogP contribution in [0.4, 0.5) is 5.82 Å². The molecule has 0 aliphatic rings. The Bertz CT molecular complexity index is 573. The molecule has 0 saturated heterocycles. The van der Waals surface area contributed by atoms with Gasteiger partial charge in [0, 0.05) is 19.4 Å². The number of anilines is 1. The van der Waals surface area contributed by atoms with Crippen LogP contribution in [0.1, 0.15) is 13.3 Å². The summed E-state index contributed by atoms with van der Waals surface area (Å²) in [7, 11) is 1.72. The average molecular weight is 246 g/mol. The van der Waals surface area contributed by atoms with Crippen molar-refractivity contribution in [2.45, 2.75) is 19.4 Å². The van der Waals surface area contributed by atoms with Crippen LogP contribution in [-0.4, -0.2) is 39.1 Å². The third-order valence-electron chi connectivity index (χ3n) is 2.82. The van der Waals surface area contributed by atoms with Gasteiger partial charge in [0.05, 0.1) is 0 Å². The van der Waals surface area contributed by atoms with Crippen LogP contribution in [0.2, 0.25) is 0 Å². The Hall–Kier alpha value is -2.24. The lowest BCUT2D eigenvalue weighted by atomic mass is 10.2. The zero-order chi connectivity index (χ0) is 13.1. The van der Waals surface area contributed by atoms with Crippen molar-refractivity contribution in [1.82, 2.24) is 15.0 Å². The summed E-state index contributed by atoms with van der Waals surface area (Å²) in [6, 6.07) is 2.95. The second kappa shape index (κ2) is 4.95. The zero-order valence-electron chi connectivity index (χ0n) is 10.2. The molecule has 2 aromatic heterocycles. The highest BCUT2D eigenvalue weighted by Crippen LogP contribution is 2.17. The molecule has 18 heavy (non-hydrogen) atoms. The topological polar surface area (TPSA) is 79.2 Å². The summed E-state index contributed by atoms with van der Waals surface area (Å²) >= 11 is 0. The van der Waals surface area contributed by atoms with Gasteiger partial charge in [-0.15, -0.1) is 0 Å². The van der Waals surface area contributed by atoms with Crippen LogP contribution in [-0.2, 0) is 4.79 Å². The number of aliphatic carboxylic acids is 1. The number of carbonyl (C=O) groups is 1. The largest absolute Gasteiger partial charge is 0.480 e. The van der Waals surface area contributed by atoms with E-state index in [0.29, 0.717) is 23.4 Å². The molecular weight excluding hydrogens is 232 g/mol. The van der Waals surface area contributed by atoms with E-state index in [2.05, 4.69) is 15.0 Å². The SMILES string of the molecule is CCC(C(=O)O)N(C)c1ccc2nccnc2n1. The van der Waals surface area contributed by atoms with Crippen LogP contribution in [0.3, 0.4) is 0 Å². The fourth-order valence-corrected chi connectivity index (χ4v) is 1.81. The Morgan fingerprint density at radius 2 is 2.11 bits per heavy atom. The smallest absolute Gasteiger partial charge is 0.326 e. The molecule has 0 spiro atoms. The number of nitrogens with zero attached hydrogens (tertiary/aromatic N) is 4. The number of pyridine rings is 1. The minimum absolute atomic E-state index is 0.506. The first-order chi connectivity index (χ1) is 8.63. The van der Waals surface area contributed by atoms with Crippen molar-refractivity contribution in [3.05, 3.63) is 24.5 Å². The maximum atomic E-state index is 11.1. The van der Waals surface area contributed by atoms with Crippen LogP contribution in [0, 0.1) is 0 Å². The second-order valence-corrected chi connectivity index (χ2v) is 3.94. The summed E-state index contributed by atoms with van der Waals surface area (Å²) in [5.41, 5.74) is 1.21. The molecule has 0 saturated carbocycles. The fraction of sp³-hybridized carbons (Fsp3) is 0.333. The molecule has 6 nitrogen and oxygen atoms in total. The van der Waals surface area contributed by atoms with Gasteiger partial charge in [-0.25, -0.2) is 14.8 Å². The number of aromatic nitrogens is 3. The lowest BCUT2D eigenvalue weighted by molar-refractivity contribution is -0.138. The summed E-state index contributed by atoms with van der Waals surface area (Å²) in [6.07, 6.45) is 3.67. The summed E-state index contributed by atoms with van der Waals surface area (Å²) in [6.45, 7) is 1.83. The minimum atomic E-state index is -0.860. The molecule has 0 fully saturated rings. The molecule has 0 aliphatic heterocycles. The number of hydrogen-bond acceptors (Lipinski definition) is 5. The highest BCUT2D eigenvalue weighted by Gasteiger charge is 2.21. The van der Waals surface area contributed by atoms with Gasteiger partial charge in [0.15, 0.2) is 5.65 Å². The first-order valence-corrected chi connectivity index (χ1v) is 5.67. The Kier molecular flexibility index (Phi) is 3.36. The van der Waals surface area contributed by atoms with Crippen LogP contribution >= 0.6 is 0 Å². The Morgan fingerprint density at radius 3 is 2.78 bits per heavy atom. The van der Waals surface area contributed by atoms with E-state index in [1.165, 1.54) is 0 Å². The van der Waals surface area contributed by atoms with Crippen molar-refractivity contribution in [1.29, 1.82) is 0 Å². The van der Waals surface area contributed by atoms with E-state index in [9.17, 15) is 4.79 Å². The molecule has 0 bridgehead atoms. The Balaban J connectivity index is 2.38. The molecule has 2 heterocycles. The number of rotatable bonds is 4. The van der Waals surface area contributed by atoms with E-state index in [1.807, 2.05) is 6.92 Å². The van der Waals surface area contributed by atoms with E-state index in [4.69, 9.17) is 5.11 Å². The number of carboxylic acid groups (broad SMARTS) is 1. The van der Waals surface area contributed by atoms with Gasteiger partial charge in [0.2, 0.25) is 0 Å². The molecule has 2 rings (SSSR count). The minimum Gasteiger partial charge on any atom is -0.480 e. The first-order valence-electron chi connectivity index (χ1n) is 5.67. The van der Waals surface area contributed by atoms with E-state index in [-0.39, 0.29) is 0 Å². The van der Waals surface area contributed by atoms with Crippen molar-refractivity contribution in [3.8, 4) is 0 Å². The standard InChI is InChI=1S/C12H14N4O2/c1-3-9(12(17)18)16(2)10-5-4-8-11(15-10)14-7-6-13-8/h4-7,9H,3H2,1-2H3,(H,17,18). The van der Waals surface area contributed by atoms with Gasteiger partial charge in [-0.3, -0.25) is 4.98 Å². The summed E-state index contributed by atoms with van der Waals surface area (Å²) < 4.78 is 0. The third-order valence-corrected chi connectivity index (χ3v) is 2.82. The molecule has 0 radical (unpaired) electrons. The molecule has 1 atom stereocenters. The number of hydrogen-bond donors (Lipinski definition) is 1. The van der Waals surface area contributed by atoms with Gasteiger partial charge >= 0.3 is 5.97 Å². The van der Waals surface area contributed by atoms with Crippen molar-refractivity contribution < 1.29 is 9.90 Å². The van der Waals surface area contributed by atoms with Gasteiger partial charge in [-0.2, -0.15) is 0 Å². The van der Waals surface area contributed by atoms with Crippen molar-refractivity contribution in [3.63, 3.8) is 0 Å². The molecule has 1 N–H and O–H groups in total. The quantitative estimate of drug-likeness (QED) is 0.876. The maximum Gasteiger partial charge on any atom is 0.326 e. The monoisotopic (exact) mass is 246 g/mol.